The number of carboxylic acids is 1. The molecule has 0 heterocycles. The van der Waals surface area contributed by atoms with Crippen LogP contribution in [0.15, 0.2) is 24.3 Å². The van der Waals surface area contributed by atoms with Gasteiger partial charge in [-0.2, -0.15) is 0 Å². The first-order valence-corrected chi connectivity index (χ1v) is 6.32. The molecular weight excluding hydrogens is 246 g/mol. The van der Waals surface area contributed by atoms with Crippen molar-refractivity contribution in [3.05, 3.63) is 29.8 Å². The first-order valence-electron chi connectivity index (χ1n) is 6.32. The second-order valence-electron chi connectivity index (χ2n) is 4.65. The molecule has 5 nitrogen and oxygen atoms in total. The number of amides is 1. The smallest absolute Gasteiger partial charge is 0.319 e. The summed E-state index contributed by atoms with van der Waals surface area (Å²) in [4.78, 5) is 22.8. The minimum absolute atomic E-state index is 0.314. The number of carboxylic acid groups (broad SMARTS) is 1. The zero-order valence-electron chi connectivity index (χ0n) is 10.8. The van der Waals surface area contributed by atoms with Gasteiger partial charge in [0.05, 0.1) is 6.61 Å². The van der Waals surface area contributed by atoms with Crippen molar-refractivity contribution in [2.75, 3.05) is 6.61 Å². The van der Waals surface area contributed by atoms with Crippen LogP contribution >= 0.6 is 0 Å². The molecular formula is C14H17NO4. The summed E-state index contributed by atoms with van der Waals surface area (Å²) >= 11 is 0. The van der Waals surface area contributed by atoms with Crippen LogP contribution in [0.2, 0.25) is 0 Å². The van der Waals surface area contributed by atoms with Crippen LogP contribution in [0.25, 0.3) is 0 Å². The summed E-state index contributed by atoms with van der Waals surface area (Å²) in [6.07, 6.45) is 0.848. The largest absolute Gasteiger partial charge is 0.494 e. The monoisotopic (exact) mass is 263 g/mol. The molecule has 0 bridgehead atoms. The van der Waals surface area contributed by atoms with Crippen molar-refractivity contribution in [3.8, 4) is 5.75 Å². The molecule has 0 atom stereocenters. The molecule has 1 aromatic carbocycles. The fourth-order valence-electron chi connectivity index (χ4n) is 1.93. The number of nitrogens with one attached hydrogen (secondary N) is 1. The van der Waals surface area contributed by atoms with E-state index in [9.17, 15) is 9.59 Å². The highest BCUT2D eigenvalue weighted by Crippen LogP contribution is 2.46. The Kier molecular flexibility index (Phi) is 3.74. The Morgan fingerprint density at radius 2 is 2.16 bits per heavy atom. The Bertz CT molecular complexity index is 494. The van der Waals surface area contributed by atoms with Crippen molar-refractivity contribution >= 4 is 11.9 Å². The van der Waals surface area contributed by atoms with Gasteiger partial charge >= 0.3 is 5.97 Å². The first-order chi connectivity index (χ1) is 9.08. The predicted octanol–water partition coefficient (Wildman–Crippen LogP) is 1.57. The number of benzene rings is 1. The van der Waals surface area contributed by atoms with Crippen molar-refractivity contribution in [1.29, 1.82) is 0 Å². The molecule has 2 rings (SSSR count). The van der Waals surface area contributed by atoms with Gasteiger partial charge in [-0.1, -0.05) is 12.1 Å². The van der Waals surface area contributed by atoms with E-state index in [-0.39, 0.29) is 0 Å². The molecule has 0 unspecified atom stereocenters. The van der Waals surface area contributed by atoms with E-state index in [1.165, 1.54) is 0 Å². The van der Waals surface area contributed by atoms with Gasteiger partial charge in [-0.25, -0.2) is 0 Å². The predicted molar refractivity (Wildman–Crippen MR) is 68.8 cm³/mol. The van der Waals surface area contributed by atoms with E-state index < -0.39 is 17.3 Å². The molecule has 102 valence electrons. The third kappa shape index (κ3) is 2.86. The molecule has 0 aliphatic heterocycles. The van der Waals surface area contributed by atoms with Gasteiger partial charge in [-0.15, -0.1) is 0 Å². The lowest BCUT2D eigenvalue weighted by molar-refractivity contribution is -0.149. The average molecular weight is 263 g/mol. The number of carbonyl (C=O) groups is 2. The summed E-state index contributed by atoms with van der Waals surface area (Å²) in [6, 6.07) is 7.39. The van der Waals surface area contributed by atoms with Crippen LogP contribution in [0.5, 0.6) is 5.75 Å². The van der Waals surface area contributed by atoms with E-state index in [4.69, 9.17) is 9.84 Å². The molecule has 19 heavy (non-hydrogen) atoms. The maximum Gasteiger partial charge on any atom is 0.319 e. The number of hydrogen-bond donors (Lipinski definition) is 2. The van der Waals surface area contributed by atoms with Gasteiger partial charge in [0.1, 0.15) is 11.2 Å². The van der Waals surface area contributed by atoms with E-state index in [0.717, 1.165) is 11.3 Å². The maximum absolute atomic E-state index is 11.8. The van der Waals surface area contributed by atoms with Gasteiger partial charge in [0.2, 0.25) is 5.91 Å². The van der Waals surface area contributed by atoms with E-state index in [2.05, 4.69) is 5.32 Å². The summed E-state index contributed by atoms with van der Waals surface area (Å²) in [5, 5.41) is 11.7. The Morgan fingerprint density at radius 3 is 2.74 bits per heavy atom. The SMILES string of the molecule is CCOc1cccc(CNC(=O)C2(C(=O)O)CC2)c1. The molecule has 2 N–H and O–H groups in total. The summed E-state index contributed by atoms with van der Waals surface area (Å²) in [6.45, 7) is 2.80. The maximum atomic E-state index is 11.8. The lowest BCUT2D eigenvalue weighted by atomic mass is 10.1. The van der Waals surface area contributed by atoms with Crippen LogP contribution in [-0.2, 0) is 16.1 Å². The number of hydrogen-bond acceptors (Lipinski definition) is 3. The molecule has 1 fully saturated rings. The minimum atomic E-state index is -1.18. The molecule has 0 spiro atoms. The summed E-state index contributed by atoms with van der Waals surface area (Å²) in [5.41, 5.74) is -0.294. The van der Waals surface area contributed by atoms with Crippen molar-refractivity contribution in [2.24, 2.45) is 5.41 Å². The standard InChI is InChI=1S/C14H17NO4/c1-2-19-11-5-3-4-10(8-11)9-15-12(16)14(6-7-14)13(17)18/h3-5,8H,2,6-7,9H2,1H3,(H,15,16)(H,17,18). The highest BCUT2D eigenvalue weighted by atomic mass is 16.5. The average Bonchev–Trinajstić information content (AvgIpc) is 3.18. The first kappa shape index (κ1) is 13.4. The fourth-order valence-corrected chi connectivity index (χ4v) is 1.93. The lowest BCUT2D eigenvalue weighted by Gasteiger charge is -2.11. The molecule has 0 radical (unpaired) electrons. The van der Waals surface area contributed by atoms with Crippen molar-refractivity contribution in [3.63, 3.8) is 0 Å². The molecule has 0 aromatic heterocycles. The van der Waals surface area contributed by atoms with Gasteiger partial charge in [-0.05, 0) is 37.5 Å². The second-order valence-corrected chi connectivity index (χ2v) is 4.65. The molecule has 1 saturated carbocycles. The molecule has 0 saturated heterocycles. The Balaban J connectivity index is 1.94. The summed E-state index contributed by atoms with van der Waals surface area (Å²) in [7, 11) is 0. The van der Waals surface area contributed by atoms with E-state index >= 15 is 0 Å². The Labute approximate surface area is 111 Å². The minimum Gasteiger partial charge on any atom is -0.494 e. The van der Waals surface area contributed by atoms with Crippen LogP contribution in [0.1, 0.15) is 25.3 Å². The number of aliphatic carboxylic acids is 1. The van der Waals surface area contributed by atoms with Crippen LogP contribution in [0.4, 0.5) is 0 Å². The Morgan fingerprint density at radius 1 is 1.42 bits per heavy atom. The summed E-state index contributed by atoms with van der Waals surface area (Å²) < 4.78 is 5.36. The zero-order valence-corrected chi connectivity index (χ0v) is 10.8. The van der Waals surface area contributed by atoms with E-state index in [1.807, 2.05) is 31.2 Å². The highest BCUT2D eigenvalue weighted by Gasteiger charge is 2.56. The van der Waals surface area contributed by atoms with Gasteiger partial charge in [-0.3, -0.25) is 9.59 Å². The molecule has 1 aliphatic rings. The number of carbonyl (C=O) groups excluding carboxylic acids is 1. The van der Waals surface area contributed by atoms with Gasteiger partial charge in [0.25, 0.3) is 0 Å². The van der Waals surface area contributed by atoms with Crippen molar-refractivity contribution in [2.45, 2.75) is 26.3 Å². The lowest BCUT2D eigenvalue weighted by Crippen LogP contribution is -2.36. The third-order valence-electron chi connectivity index (χ3n) is 3.26. The quantitative estimate of drug-likeness (QED) is 0.764. The molecule has 1 aromatic rings. The van der Waals surface area contributed by atoms with Crippen LogP contribution in [-0.4, -0.2) is 23.6 Å². The normalized spacial score (nSPS) is 15.6. The summed E-state index contributed by atoms with van der Waals surface area (Å²) in [5.74, 6) is -0.691. The van der Waals surface area contributed by atoms with Crippen LogP contribution < -0.4 is 10.1 Å². The number of ether oxygens (including phenoxy) is 1. The topological polar surface area (TPSA) is 75.6 Å². The van der Waals surface area contributed by atoms with Gasteiger partial charge in [0, 0.05) is 6.54 Å². The number of rotatable bonds is 6. The van der Waals surface area contributed by atoms with Crippen molar-refractivity contribution < 1.29 is 19.4 Å². The third-order valence-corrected chi connectivity index (χ3v) is 3.26. The van der Waals surface area contributed by atoms with Crippen LogP contribution in [0, 0.1) is 5.41 Å². The Hall–Kier alpha value is -2.04. The van der Waals surface area contributed by atoms with E-state index in [0.29, 0.717) is 26.0 Å². The second kappa shape index (κ2) is 5.30. The highest BCUT2D eigenvalue weighted by molar-refractivity contribution is 6.04. The molecule has 5 heteroatoms. The molecule has 1 amide bonds. The fraction of sp³-hybridized carbons (Fsp3) is 0.429. The zero-order chi connectivity index (χ0) is 13.9. The van der Waals surface area contributed by atoms with Crippen molar-refractivity contribution in [1.82, 2.24) is 5.32 Å². The molecule has 1 aliphatic carbocycles. The van der Waals surface area contributed by atoms with E-state index in [1.54, 1.807) is 0 Å². The van der Waals surface area contributed by atoms with Gasteiger partial charge in [0.15, 0.2) is 0 Å². The van der Waals surface area contributed by atoms with Crippen LogP contribution in [0.3, 0.4) is 0 Å². The van der Waals surface area contributed by atoms with Gasteiger partial charge < -0.3 is 15.2 Å².